The van der Waals surface area contributed by atoms with Crippen LogP contribution in [0.5, 0.6) is 0 Å². The van der Waals surface area contributed by atoms with Crippen LogP contribution in [0.4, 0.5) is 5.69 Å². The Hall–Kier alpha value is -1.24. The maximum absolute atomic E-state index is 12.4. The molecule has 0 bridgehead atoms. The average molecular weight is 382 g/mol. The number of para-hydroxylation sites is 1. The van der Waals surface area contributed by atoms with Crippen LogP contribution >= 0.6 is 23.4 Å². The number of nitrogens with zero attached hydrogens (tertiary/aromatic N) is 3. The highest BCUT2D eigenvalue weighted by atomic mass is 35.5. The van der Waals surface area contributed by atoms with Crippen LogP contribution in [0.15, 0.2) is 24.3 Å². The molecule has 136 valence electrons. The zero-order chi connectivity index (χ0) is 17.6. The number of amides is 2. The fraction of sp³-hybridized carbons (Fsp3) is 0.556. The second kappa shape index (κ2) is 8.92. The Morgan fingerprint density at radius 2 is 1.88 bits per heavy atom. The van der Waals surface area contributed by atoms with Crippen molar-refractivity contribution < 1.29 is 9.59 Å². The first-order valence-corrected chi connectivity index (χ1v) is 10.3. The lowest BCUT2D eigenvalue weighted by Gasteiger charge is -2.34. The topological polar surface area (TPSA) is 43.9 Å². The SMILES string of the molecule is O=C(CSCCN1CCCC1)N1CCN(c2ccccc2Cl)C(=O)C1. The Kier molecular flexibility index (Phi) is 6.62. The van der Waals surface area contributed by atoms with E-state index in [4.69, 9.17) is 11.6 Å². The smallest absolute Gasteiger partial charge is 0.246 e. The molecular formula is C18H24ClN3O2S. The maximum atomic E-state index is 12.4. The quantitative estimate of drug-likeness (QED) is 0.709. The number of halogens is 1. The number of carbonyl (C=O) groups excluding carboxylic acids is 2. The number of hydrogen-bond acceptors (Lipinski definition) is 4. The van der Waals surface area contributed by atoms with E-state index in [2.05, 4.69) is 4.90 Å². The van der Waals surface area contributed by atoms with Crippen molar-refractivity contribution in [3.05, 3.63) is 29.3 Å². The molecule has 2 saturated heterocycles. The van der Waals surface area contributed by atoms with Crippen LogP contribution in [0.2, 0.25) is 5.02 Å². The number of benzene rings is 1. The Morgan fingerprint density at radius 1 is 1.12 bits per heavy atom. The van der Waals surface area contributed by atoms with Gasteiger partial charge in [0, 0.05) is 25.4 Å². The van der Waals surface area contributed by atoms with E-state index in [0.717, 1.165) is 18.0 Å². The zero-order valence-electron chi connectivity index (χ0n) is 14.3. The molecule has 5 nitrogen and oxygen atoms in total. The van der Waals surface area contributed by atoms with E-state index < -0.39 is 0 Å². The van der Waals surface area contributed by atoms with Crippen molar-refractivity contribution in [2.45, 2.75) is 12.8 Å². The van der Waals surface area contributed by atoms with Crippen molar-refractivity contribution in [2.75, 3.05) is 55.7 Å². The first kappa shape index (κ1) is 18.5. The number of likely N-dealkylation sites (tertiary alicyclic amines) is 1. The van der Waals surface area contributed by atoms with E-state index in [9.17, 15) is 9.59 Å². The summed E-state index contributed by atoms with van der Waals surface area (Å²) in [4.78, 5) is 30.6. The van der Waals surface area contributed by atoms with Gasteiger partial charge < -0.3 is 14.7 Å². The summed E-state index contributed by atoms with van der Waals surface area (Å²) in [5, 5.41) is 0.563. The number of anilines is 1. The van der Waals surface area contributed by atoms with E-state index in [-0.39, 0.29) is 18.4 Å². The van der Waals surface area contributed by atoms with Crippen LogP contribution in [0.1, 0.15) is 12.8 Å². The summed E-state index contributed by atoms with van der Waals surface area (Å²) in [6, 6.07) is 7.32. The Labute approximate surface area is 158 Å². The summed E-state index contributed by atoms with van der Waals surface area (Å²) in [7, 11) is 0. The largest absolute Gasteiger partial charge is 0.331 e. The van der Waals surface area contributed by atoms with Crippen molar-refractivity contribution in [1.29, 1.82) is 0 Å². The van der Waals surface area contributed by atoms with Crippen LogP contribution in [-0.2, 0) is 9.59 Å². The minimum absolute atomic E-state index is 0.0542. The van der Waals surface area contributed by atoms with Gasteiger partial charge in [-0.3, -0.25) is 9.59 Å². The average Bonchev–Trinajstić information content (AvgIpc) is 3.13. The summed E-state index contributed by atoms with van der Waals surface area (Å²) < 4.78 is 0. The number of carbonyl (C=O) groups is 2. The molecule has 1 aromatic carbocycles. The molecule has 2 aliphatic heterocycles. The molecule has 0 unspecified atom stereocenters. The van der Waals surface area contributed by atoms with Crippen molar-refractivity contribution in [3.63, 3.8) is 0 Å². The predicted molar refractivity (Wildman–Crippen MR) is 103 cm³/mol. The van der Waals surface area contributed by atoms with E-state index in [0.29, 0.717) is 23.9 Å². The van der Waals surface area contributed by atoms with Crippen LogP contribution in [0, 0.1) is 0 Å². The Bertz CT molecular complexity index is 622. The van der Waals surface area contributed by atoms with Gasteiger partial charge in [0.2, 0.25) is 11.8 Å². The van der Waals surface area contributed by atoms with E-state index in [1.54, 1.807) is 27.6 Å². The monoisotopic (exact) mass is 381 g/mol. The molecule has 0 atom stereocenters. The van der Waals surface area contributed by atoms with Crippen LogP contribution in [0.25, 0.3) is 0 Å². The third-order valence-corrected chi connectivity index (χ3v) is 5.93. The third-order valence-electron chi connectivity index (χ3n) is 4.69. The molecule has 0 N–H and O–H groups in total. The van der Waals surface area contributed by atoms with Crippen molar-refractivity contribution in [2.24, 2.45) is 0 Å². The molecule has 2 amide bonds. The fourth-order valence-electron chi connectivity index (χ4n) is 3.26. The van der Waals surface area contributed by atoms with Crippen LogP contribution in [-0.4, -0.2) is 72.4 Å². The first-order chi connectivity index (χ1) is 12.1. The normalized spacial score (nSPS) is 18.8. The van der Waals surface area contributed by atoms with Gasteiger partial charge in [-0.1, -0.05) is 23.7 Å². The molecule has 0 spiro atoms. The van der Waals surface area contributed by atoms with Crippen molar-refractivity contribution in [3.8, 4) is 0 Å². The maximum Gasteiger partial charge on any atom is 0.246 e. The Morgan fingerprint density at radius 3 is 2.60 bits per heavy atom. The van der Waals surface area contributed by atoms with Gasteiger partial charge >= 0.3 is 0 Å². The van der Waals surface area contributed by atoms with Gasteiger partial charge in [0.25, 0.3) is 0 Å². The number of hydrogen-bond donors (Lipinski definition) is 0. The van der Waals surface area contributed by atoms with E-state index >= 15 is 0 Å². The van der Waals surface area contributed by atoms with Gasteiger partial charge in [-0.25, -0.2) is 0 Å². The molecule has 0 saturated carbocycles. The highest BCUT2D eigenvalue weighted by molar-refractivity contribution is 7.99. The lowest BCUT2D eigenvalue weighted by molar-refractivity contribution is -0.134. The third kappa shape index (κ3) is 4.90. The van der Waals surface area contributed by atoms with E-state index in [1.807, 2.05) is 18.2 Å². The highest BCUT2D eigenvalue weighted by Crippen LogP contribution is 2.26. The second-order valence-corrected chi connectivity index (χ2v) is 7.93. The van der Waals surface area contributed by atoms with E-state index in [1.165, 1.54) is 25.9 Å². The van der Waals surface area contributed by atoms with Crippen LogP contribution in [0.3, 0.4) is 0 Å². The van der Waals surface area contributed by atoms with Gasteiger partial charge in [-0.2, -0.15) is 11.8 Å². The predicted octanol–water partition coefficient (Wildman–Crippen LogP) is 2.34. The number of thioether (sulfide) groups is 1. The van der Waals surface area contributed by atoms with Gasteiger partial charge in [0.05, 0.1) is 16.5 Å². The molecule has 1 aromatic rings. The molecule has 25 heavy (non-hydrogen) atoms. The zero-order valence-corrected chi connectivity index (χ0v) is 15.9. The summed E-state index contributed by atoms with van der Waals surface area (Å²) in [6.07, 6.45) is 2.59. The van der Waals surface area contributed by atoms with Crippen molar-refractivity contribution in [1.82, 2.24) is 9.80 Å². The minimum Gasteiger partial charge on any atom is -0.331 e. The molecule has 3 rings (SSSR count). The lowest BCUT2D eigenvalue weighted by atomic mass is 10.2. The molecule has 0 aliphatic carbocycles. The lowest BCUT2D eigenvalue weighted by Crippen LogP contribution is -2.53. The number of piperazine rings is 1. The number of rotatable bonds is 6. The Balaban J connectivity index is 1.43. The molecule has 2 aliphatic rings. The van der Waals surface area contributed by atoms with Gasteiger partial charge in [0.1, 0.15) is 6.54 Å². The minimum atomic E-state index is -0.0743. The van der Waals surface area contributed by atoms with Crippen LogP contribution < -0.4 is 4.90 Å². The standard InChI is InChI=1S/C18H24ClN3O2S/c19-15-5-1-2-6-16(15)22-10-9-21(13-17(22)23)18(24)14-25-12-11-20-7-3-4-8-20/h1-2,5-6H,3-4,7-14H2. The second-order valence-electron chi connectivity index (χ2n) is 6.41. The molecular weight excluding hydrogens is 358 g/mol. The summed E-state index contributed by atoms with van der Waals surface area (Å²) in [5.74, 6) is 1.40. The molecule has 7 heteroatoms. The molecule has 2 heterocycles. The summed E-state index contributed by atoms with van der Waals surface area (Å²) >= 11 is 7.84. The molecule has 0 aromatic heterocycles. The van der Waals surface area contributed by atoms with Gasteiger partial charge in [-0.15, -0.1) is 0 Å². The first-order valence-electron chi connectivity index (χ1n) is 8.78. The van der Waals surface area contributed by atoms with Crippen molar-refractivity contribution >= 4 is 40.9 Å². The van der Waals surface area contributed by atoms with Gasteiger partial charge in [0.15, 0.2) is 0 Å². The fourth-order valence-corrected chi connectivity index (χ4v) is 4.39. The molecule has 0 radical (unpaired) electrons. The molecule has 2 fully saturated rings. The van der Waals surface area contributed by atoms with Gasteiger partial charge in [-0.05, 0) is 38.1 Å². The summed E-state index contributed by atoms with van der Waals surface area (Å²) in [5.41, 5.74) is 0.723. The summed E-state index contributed by atoms with van der Waals surface area (Å²) in [6.45, 7) is 4.61. The highest BCUT2D eigenvalue weighted by Gasteiger charge is 2.28.